The van der Waals surface area contributed by atoms with Crippen LogP contribution in [0.5, 0.6) is 5.75 Å². The minimum Gasteiger partial charge on any atom is -0.493 e. The molecular formula is C12H13N5O2. The van der Waals surface area contributed by atoms with Gasteiger partial charge in [-0.3, -0.25) is 4.79 Å². The predicted molar refractivity (Wildman–Crippen MR) is 68.7 cm³/mol. The summed E-state index contributed by atoms with van der Waals surface area (Å²) in [5, 5.41) is 10.5. The molecule has 0 saturated carbocycles. The van der Waals surface area contributed by atoms with Crippen molar-refractivity contribution in [3.8, 4) is 5.75 Å². The van der Waals surface area contributed by atoms with Crippen molar-refractivity contribution in [3.05, 3.63) is 30.0 Å². The zero-order valence-electron chi connectivity index (χ0n) is 10.2. The number of nitrogens with zero attached hydrogens (tertiary/aromatic N) is 3. The molecule has 0 saturated heterocycles. The van der Waals surface area contributed by atoms with E-state index in [0.717, 1.165) is 23.4 Å². The molecule has 1 aromatic heterocycles. The summed E-state index contributed by atoms with van der Waals surface area (Å²) in [7, 11) is 0. The number of nitrogen functional groups attached to an aromatic ring is 1. The van der Waals surface area contributed by atoms with Crippen LogP contribution in [0.25, 0.3) is 0 Å². The van der Waals surface area contributed by atoms with Crippen molar-refractivity contribution in [3.63, 3.8) is 0 Å². The van der Waals surface area contributed by atoms with Crippen molar-refractivity contribution in [1.82, 2.24) is 15.0 Å². The van der Waals surface area contributed by atoms with E-state index < -0.39 is 0 Å². The number of nitrogens with two attached hydrogens (primary N) is 1. The Hall–Kier alpha value is -2.57. The number of amides is 1. The number of fused-ring (bicyclic) bond motifs is 1. The number of rotatable bonds is 3. The number of nitrogens with one attached hydrogen (secondary N) is 1. The van der Waals surface area contributed by atoms with Crippen molar-refractivity contribution < 1.29 is 9.53 Å². The molecule has 0 aliphatic carbocycles. The van der Waals surface area contributed by atoms with Gasteiger partial charge in [-0.05, 0) is 23.8 Å². The molecule has 0 spiro atoms. The van der Waals surface area contributed by atoms with Crippen LogP contribution in [0, 0.1) is 0 Å². The smallest absolute Gasteiger partial charge is 0.247 e. The lowest BCUT2D eigenvalue weighted by atomic mass is 10.1. The molecular weight excluding hydrogens is 246 g/mol. The molecule has 98 valence electrons. The highest BCUT2D eigenvalue weighted by Crippen LogP contribution is 2.27. The normalized spacial score (nSPS) is 12.8. The van der Waals surface area contributed by atoms with E-state index in [2.05, 4.69) is 15.5 Å². The number of benzene rings is 1. The molecule has 1 aromatic carbocycles. The number of ether oxygens (including phenoxy) is 1. The van der Waals surface area contributed by atoms with E-state index in [-0.39, 0.29) is 12.5 Å². The molecule has 7 heteroatoms. The fourth-order valence-electron chi connectivity index (χ4n) is 1.98. The quantitative estimate of drug-likeness (QED) is 0.833. The molecule has 0 bridgehead atoms. The maximum atomic E-state index is 11.8. The lowest BCUT2D eigenvalue weighted by molar-refractivity contribution is -0.117. The van der Waals surface area contributed by atoms with Crippen LogP contribution in [-0.4, -0.2) is 27.5 Å². The number of carbonyl (C=O) groups excluding carboxylic acids is 1. The molecule has 2 aromatic rings. The van der Waals surface area contributed by atoms with Gasteiger partial charge < -0.3 is 15.8 Å². The highest BCUT2D eigenvalue weighted by molar-refractivity contribution is 5.90. The Balaban J connectivity index is 1.66. The molecule has 1 aliphatic heterocycles. The maximum Gasteiger partial charge on any atom is 0.247 e. The minimum atomic E-state index is -0.200. The molecule has 3 rings (SSSR count). The van der Waals surface area contributed by atoms with Crippen LogP contribution >= 0.6 is 0 Å². The topological polar surface area (TPSA) is 95.1 Å². The Bertz CT molecular complexity index is 622. The second kappa shape index (κ2) is 4.60. The average molecular weight is 259 g/mol. The highest BCUT2D eigenvalue weighted by Gasteiger charge is 2.13. The first-order valence-electron chi connectivity index (χ1n) is 5.92. The Morgan fingerprint density at radius 1 is 1.53 bits per heavy atom. The lowest BCUT2D eigenvalue weighted by Crippen LogP contribution is -2.20. The van der Waals surface area contributed by atoms with Crippen LogP contribution in [0.15, 0.2) is 24.4 Å². The van der Waals surface area contributed by atoms with E-state index in [1.807, 2.05) is 18.2 Å². The number of hydrogen-bond donors (Lipinski definition) is 2. The molecule has 1 aliphatic rings. The predicted octanol–water partition coefficient (Wildman–Crippen LogP) is 0.434. The summed E-state index contributed by atoms with van der Waals surface area (Å²) in [4.78, 5) is 13.1. The van der Waals surface area contributed by atoms with Gasteiger partial charge in [0.1, 0.15) is 12.3 Å². The SMILES string of the molecule is Nc1cnn(CC(=O)Nc2ccc3c(c2)CCO3)n1. The summed E-state index contributed by atoms with van der Waals surface area (Å²) in [5.41, 5.74) is 7.28. The van der Waals surface area contributed by atoms with Crippen LogP contribution in [-0.2, 0) is 17.8 Å². The fourth-order valence-corrected chi connectivity index (χ4v) is 1.98. The molecule has 0 radical (unpaired) electrons. The van der Waals surface area contributed by atoms with Crippen LogP contribution in [0.2, 0.25) is 0 Å². The Labute approximate surface area is 109 Å². The molecule has 2 heterocycles. The second-order valence-corrected chi connectivity index (χ2v) is 4.27. The third kappa shape index (κ3) is 2.49. The number of anilines is 2. The number of hydrogen-bond acceptors (Lipinski definition) is 5. The average Bonchev–Trinajstić information content (AvgIpc) is 2.97. The van der Waals surface area contributed by atoms with Crippen molar-refractivity contribution in [2.24, 2.45) is 0 Å². The fraction of sp³-hybridized carbons (Fsp3) is 0.250. The molecule has 0 atom stereocenters. The highest BCUT2D eigenvalue weighted by atomic mass is 16.5. The summed E-state index contributed by atoms with van der Waals surface area (Å²) in [6.45, 7) is 0.730. The Kier molecular flexibility index (Phi) is 2.79. The van der Waals surface area contributed by atoms with Gasteiger partial charge in [-0.1, -0.05) is 0 Å². The summed E-state index contributed by atoms with van der Waals surface area (Å²) < 4.78 is 5.41. The van der Waals surface area contributed by atoms with E-state index in [1.54, 1.807) is 0 Å². The van der Waals surface area contributed by atoms with Crippen LogP contribution in [0.1, 0.15) is 5.56 Å². The van der Waals surface area contributed by atoms with Gasteiger partial charge in [-0.25, -0.2) is 0 Å². The first kappa shape index (κ1) is 11.5. The van der Waals surface area contributed by atoms with Gasteiger partial charge >= 0.3 is 0 Å². The summed E-state index contributed by atoms with van der Waals surface area (Å²) in [6, 6.07) is 5.60. The second-order valence-electron chi connectivity index (χ2n) is 4.27. The lowest BCUT2D eigenvalue weighted by Gasteiger charge is -2.06. The number of aromatic nitrogens is 3. The van der Waals surface area contributed by atoms with Crippen molar-refractivity contribution in [2.45, 2.75) is 13.0 Å². The zero-order valence-corrected chi connectivity index (χ0v) is 10.2. The van der Waals surface area contributed by atoms with E-state index in [9.17, 15) is 4.79 Å². The van der Waals surface area contributed by atoms with Crippen molar-refractivity contribution >= 4 is 17.4 Å². The van der Waals surface area contributed by atoms with Gasteiger partial charge in [0.15, 0.2) is 5.82 Å². The van der Waals surface area contributed by atoms with Gasteiger partial charge in [0.2, 0.25) is 5.91 Å². The first-order valence-corrected chi connectivity index (χ1v) is 5.92. The van der Waals surface area contributed by atoms with Crippen molar-refractivity contribution in [1.29, 1.82) is 0 Å². The van der Waals surface area contributed by atoms with E-state index >= 15 is 0 Å². The van der Waals surface area contributed by atoms with Crippen LogP contribution in [0.3, 0.4) is 0 Å². The van der Waals surface area contributed by atoms with E-state index in [1.165, 1.54) is 11.0 Å². The van der Waals surface area contributed by atoms with E-state index in [4.69, 9.17) is 10.5 Å². The minimum absolute atomic E-state index is 0.0325. The first-order chi connectivity index (χ1) is 9.20. The van der Waals surface area contributed by atoms with Crippen LogP contribution < -0.4 is 15.8 Å². The molecule has 19 heavy (non-hydrogen) atoms. The largest absolute Gasteiger partial charge is 0.493 e. The maximum absolute atomic E-state index is 11.8. The van der Waals surface area contributed by atoms with Gasteiger partial charge in [-0.2, -0.15) is 9.90 Å². The van der Waals surface area contributed by atoms with Crippen LogP contribution in [0.4, 0.5) is 11.5 Å². The Morgan fingerprint density at radius 3 is 3.21 bits per heavy atom. The van der Waals surface area contributed by atoms with Gasteiger partial charge in [0.05, 0.1) is 12.8 Å². The summed E-state index contributed by atoms with van der Waals surface area (Å²) in [6.07, 6.45) is 2.27. The van der Waals surface area contributed by atoms with Gasteiger partial charge in [0, 0.05) is 12.1 Å². The molecule has 0 fully saturated rings. The third-order valence-corrected chi connectivity index (χ3v) is 2.81. The molecule has 7 nitrogen and oxygen atoms in total. The van der Waals surface area contributed by atoms with Gasteiger partial charge in [-0.15, -0.1) is 5.10 Å². The third-order valence-electron chi connectivity index (χ3n) is 2.81. The van der Waals surface area contributed by atoms with E-state index in [0.29, 0.717) is 12.4 Å². The zero-order chi connectivity index (χ0) is 13.2. The van der Waals surface area contributed by atoms with Crippen molar-refractivity contribution in [2.75, 3.05) is 17.7 Å². The summed E-state index contributed by atoms with van der Waals surface area (Å²) >= 11 is 0. The molecule has 0 unspecified atom stereocenters. The van der Waals surface area contributed by atoms with Gasteiger partial charge in [0.25, 0.3) is 0 Å². The summed E-state index contributed by atoms with van der Waals surface area (Å²) in [5.74, 6) is 0.983. The monoisotopic (exact) mass is 259 g/mol. The molecule has 1 amide bonds. The Morgan fingerprint density at radius 2 is 2.42 bits per heavy atom. The number of carbonyl (C=O) groups is 1. The standard InChI is InChI=1S/C12H13N5O2/c13-11-6-14-17(16-11)7-12(18)15-9-1-2-10-8(5-9)3-4-19-10/h1-2,5-6H,3-4,7H2,(H2,13,16)(H,15,18). The molecule has 3 N–H and O–H groups in total.